The molecule has 1 unspecified atom stereocenters. The molecule has 1 atom stereocenters. The largest absolute Gasteiger partial charge is 0.606 e. The molecule has 4 heteroatoms. The number of benzene rings is 3. The van der Waals surface area contributed by atoms with Crippen LogP contribution in [0.2, 0.25) is 0 Å². The molecule has 0 bridgehead atoms. The monoisotopic (exact) mass is 406 g/mol. The smallest absolute Gasteiger partial charge is 0.196 e. The van der Waals surface area contributed by atoms with Gasteiger partial charge < -0.3 is 4.55 Å². The summed E-state index contributed by atoms with van der Waals surface area (Å²) < 4.78 is 15.3. The Labute approximate surface area is 172 Å². The predicted molar refractivity (Wildman–Crippen MR) is 120 cm³/mol. The van der Waals surface area contributed by atoms with E-state index < -0.39 is 11.2 Å². The summed E-state index contributed by atoms with van der Waals surface area (Å²) in [7, 11) is 0. The first-order chi connectivity index (χ1) is 13.3. The van der Waals surface area contributed by atoms with E-state index in [4.69, 9.17) is 0 Å². The van der Waals surface area contributed by atoms with Crippen molar-refractivity contribution >= 4 is 42.7 Å². The zero-order chi connectivity index (χ0) is 20.1. The van der Waals surface area contributed by atoms with Crippen molar-refractivity contribution in [2.75, 3.05) is 0 Å². The second-order valence-corrected chi connectivity index (χ2v) is 10.6. The molecule has 28 heavy (non-hydrogen) atoms. The molecule has 0 N–H and O–H groups in total. The van der Waals surface area contributed by atoms with E-state index in [-0.39, 0.29) is 10.8 Å². The average Bonchev–Trinajstić information content (AvgIpc) is 2.67. The van der Waals surface area contributed by atoms with Gasteiger partial charge in [0.05, 0.1) is 0 Å². The normalized spacial score (nSPS) is 13.2. The van der Waals surface area contributed by atoms with Crippen molar-refractivity contribution in [2.24, 2.45) is 0 Å². The van der Waals surface area contributed by atoms with Crippen LogP contribution >= 0.6 is 11.3 Å². The van der Waals surface area contributed by atoms with Gasteiger partial charge in [-0.25, -0.2) is 0 Å². The summed E-state index contributed by atoms with van der Waals surface area (Å²) in [6.45, 7) is 8.43. The number of aryl methyl sites for hydroxylation is 1. The lowest BCUT2D eigenvalue weighted by atomic mass is 9.87. The number of rotatable bonds is 2. The van der Waals surface area contributed by atoms with E-state index >= 15 is 0 Å². The quantitative estimate of drug-likeness (QED) is 0.294. The Balaban J connectivity index is 1.86. The summed E-state index contributed by atoms with van der Waals surface area (Å²) in [5, 5.41) is 1.35. The fourth-order valence-electron chi connectivity index (χ4n) is 3.29. The molecule has 0 aliphatic rings. The molecule has 3 aromatic carbocycles. The zero-order valence-electron chi connectivity index (χ0n) is 16.4. The van der Waals surface area contributed by atoms with E-state index in [1.807, 2.05) is 55.5 Å². The molecule has 0 spiro atoms. The van der Waals surface area contributed by atoms with Crippen molar-refractivity contribution in [1.29, 1.82) is 0 Å². The summed E-state index contributed by atoms with van der Waals surface area (Å²) in [5.41, 5.74) is 2.14. The SMILES string of the molecule is Cc1ccc(C(C)(C)C)cc1[S+]([O-])c1ccc2sc3ccccc3c(=O)c2c1. The lowest BCUT2D eigenvalue weighted by Crippen LogP contribution is -2.13. The van der Waals surface area contributed by atoms with Gasteiger partial charge in [-0.05, 0) is 48.2 Å². The van der Waals surface area contributed by atoms with Crippen molar-refractivity contribution in [3.8, 4) is 0 Å². The highest BCUT2D eigenvalue weighted by atomic mass is 32.2. The molecule has 0 aliphatic carbocycles. The maximum Gasteiger partial charge on any atom is 0.196 e. The second-order valence-electron chi connectivity index (χ2n) is 8.08. The van der Waals surface area contributed by atoms with E-state index in [2.05, 4.69) is 26.8 Å². The summed E-state index contributed by atoms with van der Waals surface area (Å²) in [6.07, 6.45) is 0. The van der Waals surface area contributed by atoms with Gasteiger partial charge in [0.2, 0.25) is 0 Å². The van der Waals surface area contributed by atoms with Gasteiger partial charge in [0, 0.05) is 43.0 Å². The second kappa shape index (κ2) is 7.03. The van der Waals surface area contributed by atoms with Crippen molar-refractivity contribution in [3.63, 3.8) is 0 Å². The number of hydrogen-bond donors (Lipinski definition) is 0. The van der Waals surface area contributed by atoms with E-state index in [9.17, 15) is 9.35 Å². The van der Waals surface area contributed by atoms with Crippen molar-refractivity contribution < 1.29 is 4.55 Å². The molecule has 0 amide bonds. The van der Waals surface area contributed by atoms with Gasteiger partial charge in [-0.15, -0.1) is 11.3 Å². The topological polar surface area (TPSA) is 40.1 Å². The summed E-state index contributed by atoms with van der Waals surface area (Å²) in [5.74, 6) is 0. The third-order valence-electron chi connectivity index (χ3n) is 5.02. The van der Waals surface area contributed by atoms with Gasteiger partial charge in [-0.1, -0.05) is 45.0 Å². The molecule has 2 nitrogen and oxygen atoms in total. The van der Waals surface area contributed by atoms with Crippen LogP contribution in [0, 0.1) is 6.92 Å². The Hall–Kier alpha value is -2.14. The number of fused-ring (bicyclic) bond motifs is 2. The molecule has 1 heterocycles. The van der Waals surface area contributed by atoms with Gasteiger partial charge in [0.1, 0.15) is 0 Å². The van der Waals surface area contributed by atoms with Crippen LogP contribution in [0.15, 0.2) is 75.2 Å². The zero-order valence-corrected chi connectivity index (χ0v) is 18.0. The van der Waals surface area contributed by atoms with Gasteiger partial charge in [-0.3, -0.25) is 4.79 Å². The van der Waals surface area contributed by atoms with Gasteiger partial charge in [0.25, 0.3) is 0 Å². The minimum Gasteiger partial charge on any atom is -0.606 e. The molecule has 0 fully saturated rings. The first kappa shape index (κ1) is 19.2. The Bertz CT molecular complexity index is 1250. The number of hydrogen-bond acceptors (Lipinski definition) is 3. The van der Waals surface area contributed by atoms with Crippen molar-refractivity contribution in [2.45, 2.75) is 42.9 Å². The maximum atomic E-state index is 13.4. The van der Waals surface area contributed by atoms with Crippen LogP contribution in [0.1, 0.15) is 31.9 Å². The highest BCUT2D eigenvalue weighted by Crippen LogP contribution is 2.32. The van der Waals surface area contributed by atoms with Gasteiger partial charge >= 0.3 is 0 Å². The molecule has 0 radical (unpaired) electrons. The van der Waals surface area contributed by atoms with Crippen LogP contribution in [0.4, 0.5) is 0 Å². The predicted octanol–water partition coefficient (Wildman–Crippen LogP) is 6.19. The fraction of sp³-hybridized carbons (Fsp3) is 0.208. The van der Waals surface area contributed by atoms with Gasteiger partial charge in [-0.2, -0.15) is 0 Å². The lowest BCUT2D eigenvalue weighted by Gasteiger charge is -2.21. The van der Waals surface area contributed by atoms with Crippen LogP contribution in [0.25, 0.3) is 20.2 Å². The summed E-state index contributed by atoms with van der Waals surface area (Å²) in [6, 6.07) is 19.4. The maximum absolute atomic E-state index is 13.4. The third-order valence-corrected chi connectivity index (χ3v) is 7.69. The minimum atomic E-state index is -1.34. The lowest BCUT2D eigenvalue weighted by molar-refractivity contribution is 0.582. The summed E-state index contributed by atoms with van der Waals surface area (Å²) in [4.78, 5) is 14.4. The van der Waals surface area contributed by atoms with E-state index in [1.165, 1.54) is 0 Å². The molecule has 0 saturated heterocycles. The highest BCUT2D eigenvalue weighted by Gasteiger charge is 2.22. The van der Waals surface area contributed by atoms with Crippen molar-refractivity contribution in [1.82, 2.24) is 0 Å². The van der Waals surface area contributed by atoms with Crippen LogP contribution in [0.3, 0.4) is 0 Å². The third kappa shape index (κ3) is 3.37. The van der Waals surface area contributed by atoms with Crippen molar-refractivity contribution in [3.05, 3.63) is 82.0 Å². The molecule has 4 aromatic rings. The van der Waals surface area contributed by atoms with E-state index in [0.29, 0.717) is 15.7 Å². The summed E-state index contributed by atoms with van der Waals surface area (Å²) >= 11 is 0.256. The Morgan fingerprint density at radius 2 is 1.61 bits per heavy atom. The molecule has 142 valence electrons. The van der Waals surface area contributed by atoms with Crippen LogP contribution in [-0.2, 0) is 16.6 Å². The molecular formula is C24H22O2S2. The van der Waals surface area contributed by atoms with Crippen LogP contribution in [0.5, 0.6) is 0 Å². The molecule has 4 rings (SSSR count). The van der Waals surface area contributed by atoms with Gasteiger partial charge in [0.15, 0.2) is 15.2 Å². The average molecular weight is 407 g/mol. The minimum absolute atomic E-state index is 0.00311. The first-order valence-electron chi connectivity index (χ1n) is 9.24. The van der Waals surface area contributed by atoms with Crippen LogP contribution < -0.4 is 5.43 Å². The molecular weight excluding hydrogens is 384 g/mol. The fourth-order valence-corrected chi connectivity index (χ4v) is 5.61. The molecule has 1 aromatic heterocycles. The molecule has 0 aliphatic heterocycles. The Morgan fingerprint density at radius 1 is 0.893 bits per heavy atom. The van der Waals surface area contributed by atoms with E-state index in [1.54, 1.807) is 17.4 Å². The molecule has 0 saturated carbocycles. The highest BCUT2D eigenvalue weighted by molar-refractivity contribution is 7.91. The Kier molecular flexibility index (Phi) is 4.82. The van der Waals surface area contributed by atoms with E-state index in [0.717, 1.165) is 25.4 Å². The van der Waals surface area contributed by atoms with Crippen LogP contribution in [-0.4, -0.2) is 4.55 Å². The first-order valence-corrected chi connectivity index (χ1v) is 11.2. The standard InChI is InChI=1S/C24H22O2S2/c1-15-9-10-16(24(2,3)4)13-22(15)28(26)17-11-12-21-19(14-17)23(25)18-7-5-6-8-20(18)27-21/h5-14H,1-4H3. The Morgan fingerprint density at radius 3 is 2.36 bits per heavy atom.